The number of nitrogens with zero attached hydrogens (tertiary/aromatic N) is 1. The zero-order valence-corrected chi connectivity index (χ0v) is 14.2. The molecule has 130 valence electrons. The third-order valence-electron chi connectivity index (χ3n) is 3.48. The summed E-state index contributed by atoms with van der Waals surface area (Å²) in [6.07, 6.45) is 2.98. The van der Waals surface area contributed by atoms with Crippen LogP contribution >= 0.6 is 0 Å². The predicted molar refractivity (Wildman–Crippen MR) is 92.2 cm³/mol. The molecule has 0 aliphatic rings. The number of pyridine rings is 1. The molecule has 0 saturated heterocycles. The zero-order valence-electron chi connectivity index (χ0n) is 13.4. The van der Waals surface area contributed by atoms with Crippen molar-refractivity contribution in [3.63, 3.8) is 0 Å². The number of hydrogen-bond donors (Lipinski definition) is 2. The Morgan fingerprint density at radius 1 is 1.20 bits per heavy atom. The second-order valence-electron chi connectivity index (χ2n) is 5.38. The lowest BCUT2D eigenvalue weighted by atomic mass is 10.2. The molecule has 0 unspecified atom stereocenters. The number of anilines is 2. The monoisotopic (exact) mass is 361 g/mol. The smallest absolute Gasteiger partial charge is 0.261 e. The lowest BCUT2D eigenvalue weighted by molar-refractivity contribution is 0.518. The van der Waals surface area contributed by atoms with Gasteiger partial charge in [0.2, 0.25) is 0 Å². The van der Waals surface area contributed by atoms with Gasteiger partial charge in [0.1, 0.15) is 17.4 Å². The second-order valence-corrected chi connectivity index (χ2v) is 7.06. The van der Waals surface area contributed by atoms with Gasteiger partial charge in [0, 0.05) is 0 Å². The van der Waals surface area contributed by atoms with Crippen molar-refractivity contribution in [3.8, 4) is 0 Å². The first-order valence-corrected chi connectivity index (χ1v) is 8.94. The summed E-state index contributed by atoms with van der Waals surface area (Å²) in [4.78, 5) is 4.14. The Morgan fingerprint density at radius 3 is 2.68 bits per heavy atom. The van der Waals surface area contributed by atoms with Crippen LogP contribution in [0, 0.1) is 12.7 Å². The zero-order chi connectivity index (χ0) is 17.9. The Bertz CT molecular complexity index is 955. The molecule has 25 heavy (non-hydrogen) atoms. The van der Waals surface area contributed by atoms with Gasteiger partial charge in [0.05, 0.1) is 29.6 Å². The molecule has 0 amide bonds. The highest BCUT2D eigenvalue weighted by molar-refractivity contribution is 7.92. The first kappa shape index (κ1) is 17.0. The number of aryl methyl sites for hydroxylation is 1. The van der Waals surface area contributed by atoms with E-state index < -0.39 is 15.8 Å². The van der Waals surface area contributed by atoms with Crippen molar-refractivity contribution in [1.82, 2.24) is 4.98 Å². The SMILES string of the molecule is Cc1cc(S(=O)(=O)Nc2ccc(NCc3ccco3)nc2)ccc1F. The van der Waals surface area contributed by atoms with Crippen molar-refractivity contribution < 1.29 is 17.2 Å². The van der Waals surface area contributed by atoms with E-state index in [0.29, 0.717) is 18.1 Å². The summed E-state index contributed by atoms with van der Waals surface area (Å²) in [6, 6.07) is 10.5. The molecular weight excluding hydrogens is 345 g/mol. The third kappa shape index (κ3) is 4.16. The van der Waals surface area contributed by atoms with E-state index in [9.17, 15) is 12.8 Å². The van der Waals surface area contributed by atoms with Gasteiger partial charge in [-0.25, -0.2) is 17.8 Å². The summed E-state index contributed by atoms with van der Waals surface area (Å²) < 4.78 is 45.6. The first-order valence-electron chi connectivity index (χ1n) is 7.45. The maximum Gasteiger partial charge on any atom is 0.261 e. The summed E-state index contributed by atoms with van der Waals surface area (Å²) in [5, 5.41) is 3.06. The molecule has 0 aliphatic carbocycles. The minimum Gasteiger partial charge on any atom is -0.467 e. The number of hydrogen-bond acceptors (Lipinski definition) is 5. The lowest BCUT2D eigenvalue weighted by Gasteiger charge is -2.10. The van der Waals surface area contributed by atoms with Crippen LogP contribution in [0.2, 0.25) is 0 Å². The molecule has 2 aromatic heterocycles. The Balaban J connectivity index is 1.68. The van der Waals surface area contributed by atoms with Crippen molar-refractivity contribution >= 4 is 21.5 Å². The van der Waals surface area contributed by atoms with Crippen molar-refractivity contribution in [1.29, 1.82) is 0 Å². The maximum atomic E-state index is 13.3. The minimum absolute atomic E-state index is 0.00794. The molecule has 0 spiro atoms. The standard InChI is InChI=1S/C17H16FN3O3S/c1-12-9-15(5-6-16(12)18)25(22,23)21-13-4-7-17(19-10-13)20-11-14-3-2-8-24-14/h2-10,21H,11H2,1H3,(H,19,20). The number of halogens is 1. The molecule has 1 aromatic carbocycles. The Labute approximate surface area is 144 Å². The van der Waals surface area contributed by atoms with Gasteiger partial charge < -0.3 is 9.73 Å². The molecule has 6 nitrogen and oxygen atoms in total. The quantitative estimate of drug-likeness (QED) is 0.702. The minimum atomic E-state index is -3.81. The van der Waals surface area contributed by atoms with E-state index in [1.165, 1.54) is 25.3 Å². The summed E-state index contributed by atoms with van der Waals surface area (Å²) in [6.45, 7) is 1.98. The fourth-order valence-corrected chi connectivity index (χ4v) is 3.28. The average Bonchev–Trinajstić information content (AvgIpc) is 3.10. The van der Waals surface area contributed by atoms with Crippen molar-refractivity contribution in [2.75, 3.05) is 10.0 Å². The molecule has 2 N–H and O–H groups in total. The Morgan fingerprint density at radius 2 is 2.04 bits per heavy atom. The number of nitrogens with one attached hydrogen (secondary N) is 2. The largest absolute Gasteiger partial charge is 0.467 e. The predicted octanol–water partition coefficient (Wildman–Crippen LogP) is 3.54. The van der Waals surface area contributed by atoms with E-state index >= 15 is 0 Å². The summed E-state index contributed by atoms with van der Waals surface area (Å²) in [5.41, 5.74) is 0.573. The van der Waals surface area contributed by atoms with Gasteiger partial charge >= 0.3 is 0 Å². The van der Waals surface area contributed by atoms with Crippen LogP contribution in [0.1, 0.15) is 11.3 Å². The molecule has 3 rings (SSSR count). The molecule has 0 radical (unpaired) electrons. The number of sulfonamides is 1. The molecule has 0 aliphatic heterocycles. The van der Waals surface area contributed by atoms with Gasteiger partial charge in [-0.3, -0.25) is 4.72 Å². The van der Waals surface area contributed by atoms with Crippen LogP contribution in [0.5, 0.6) is 0 Å². The van der Waals surface area contributed by atoms with Crippen LogP contribution in [0.4, 0.5) is 15.9 Å². The fraction of sp³-hybridized carbons (Fsp3) is 0.118. The van der Waals surface area contributed by atoms with Crippen LogP contribution in [0.25, 0.3) is 0 Å². The lowest BCUT2D eigenvalue weighted by Crippen LogP contribution is -2.13. The summed E-state index contributed by atoms with van der Waals surface area (Å²) in [7, 11) is -3.81. The van der Waals surface area contributed by atoms with E-state index in [4.69, 9.17) is 4.42 Å². The molecule has 0 bridgehead atoms. The normalized spacial score (nSPS) is 11.3. The van der Waals surface area contributed by atoms with E-state index in [-0.39, 0.29) is 10.5 Å². The average molecular weight is 361 g/mol. The number of furan rings is 1. The molecule has 0 atom stereocenters. The van der Waals surface area contributed by atoms with Crippen molar-refractivity contribution in [2.24, 2.45) is 0 Å². The highest BCUT2D eigenvalue weighted by Gasteiger charge is 2.15. The van der Waals surface area contributed by atoms with Crippen molar-refractivity contribution in [3.05, 3.63) is 72.1 Å². The van der Waals surface area contributed by atoms with Gasteiger partial charge in [0.25, 0.3) is 10.0 Å². The summed E-state index contributed by atoms with van der Waals surface area (Å²) >= 11 is 0. The Hall–Kier alpha value is -2.87. The molecule has 0 saturated carbocycles. The van der Waals surface area contributed by atoms with E-state index in [1.807, 2.05) is 6.07 Å². The van der Waals surface area contributed by atoms with Gasteiger partial charge in [0.15, 0.2) is 0 Å². The van der Waals surface area contributed by atoms with E-state index in [2.05, 4.69) is 15.0 Å². The second kappa shape index (κ2) is 6.94. The van der Waals surface area contributed by atoms with Gasteiger partial charge in [-0.2, -0.15) is 0 Å². The van der Waals surface area contributed by atoms with Crippen molar-refractivity contribution in [2.45, 2.75) is 18.4 Å². The van der Waals surface area contributed by atoms with E-state index in [0.717, 1.165) is 11.8 Å². The number of aromatic nitrogens is 1. The molecular formula is C17H16FN3O3S. The highest BCUT2D eigenvalue weighted by atomic mass is 32.2. The van der Waals surface area contributed by atoms with Crippen LogP contribution in [-0.4, -0.2) is 13.4 Å². The molecule has 2 heterocycles. The van der Waals surface area contributed by atoms with E-state index in [1.54, 1.807) is 24.5 Å². The highest BCUT2D eigenvalue weighted by Crippen LogP contribution is 2.19. The van der Waals surface area contributed by atoms with Crippen LogP contribution < -0.4 is 10.0 Å². The van der Waals surface area contributed by atoms with Gasteiger partial charge in [-0.15, -0.1) is 0 Å². The molecule has 0 fully saturated rings. The molecule has 3 aromatic rings. The Kier molecular flexibility index (Phi) is 4.71. The van der Waals surface area contributed by atoms with Crippen LogP contribution in [0.15, 0.2) is 64.2 Å². The van der Waals surface area contributed by atoms with Crippen LogP contribution in [-0.2, 0) is 16.6 Å². The fourth-order valence-electron chi connectivity index (χ4n) is 2.15. The number of rotatable bonds is 6. The maximum absolute atomic E-state index is 13.3. The van der Waals surface area contributed by atoms with Crippen LogP contribution in [0.3, 0.4) is 0 Å². The molecule has 8 heteroatoms. The van der Waals surface area contributed by atoms with Gasteiger partial charge in [-0.05, 0) is 55.0 Å². The number of benzene rings is 1. The van der Waals surface area contributed by atoms with Gasteiger partial charge in [-0.1, -0.05) is 0 Å². The first-order chi connectivity index (χ1) is 11.9. The third-order valence-corrected chi connectivity index (χ3v) is 4.86. The summed E-state index contributed by atoms with van der Waals surface area (Å²) in [5.74, 6) is 0.892. The topological polar surface area (TPSA) is 84.2 Å².